The first-order chi connectivity index (χ1) is 4.72. The van der Waals surface area contributed by atoms with Gasteiger partial charge in [0, 0.05) is 12.8 Å². The Morgan fingerprint density at radius 1 is 1.90 bits per heavy atom. The normalized spacial score (nSPS) is 31.9. The minimum atomic E-state index is -0.781. The molecule has 1 aliphatic rings. The van der Waals surface area contributed by atoms with Gasteiger partial charge in [-0.3, -0.25) is 4.79 Å². The van der Waals surface area contributed by atoms with Gasteiger partial charge in [0.15, 0.2) is 5.60 Å². The van der Waals surface area contributed by atoms with Crippen LogP contribution in [0.2, 0.25) is 0 Å². The second-order valence-corrected chi connectivity index (χ2v) is 2.40. The molecule has 0 spiro atoms. The summed E-state index contributed by atoms with van der Waals surface area (Å²) < 4.78 is 4.84. The van der Waals surface area contributed by atoms with Gasteiger partial charge >= 0.3 is 5.97 Å². The molecule has 1 heterocycles. The van der Waals surface area contributed by atoms with Gasteiger partial charge in [0.1, 0.15) is 0 Å². The number of carbonyl (C=O) groups excluding carboxylic acids is 1. The zero-order chi connectivity index (χ0) is 7.61. The highest BCUT2D eigenvalue weighted by Gasteiger charge is 2.36. The van der Waals surface area contributed by atoms with Gasteiger partial charge in [-0.15, -0.1) is 0 Å². The van der Waals surface area contributed by atoms with E-state index >= 15 is 0 Å². The average Bonchev–Trinajstić information content (AvgIpc) is 2.33. The van der Waals surface area contributed by atoms with Crippen molar-refractivity contribution >= 4 is 5.97 Å². The van der Waals surface area contributed by atoms with Crippen molar-refractivity contribution in [2.75, 3.05) is 6.61 Å². The number of rotatable bonds is 2. The van der Waals surface area contributed by atoms with Crippen LogP contribution in [0.25, 0.3) is 0 Å². The highest BCUT2D eigenvalue weighted by molar-refractivity contribution is 5.72. The van der Waals surface area contributed by atoms with Crippen LogP contribution < -0.4 is 0 Å². The topological polar surface area (TPSA) is 46.5 Å². The molecule has 0 amide bonds. The zero-order valence-electron chi connectivity index (χ0n) is 5.67. The van der Waals surface area contributed by atoms with E-state index in [1.807, 2.05) is 0 Å². The first kappa shape index (κ1) is 7.28. The van der Waals surface area contributed by atoms with Gasteiger partial charge in [0.25, 0.3) is 0 Å². The molecular weight excluding hydrogens is 132 g/mol. The quantitative estimate of drug-likeness (QED) is 0.443. The Balaban J connectivity index is 2.68. The van der Waals surface area contributed by atoms with Crippen molar-refractivity contribution in [2.24, 2.45) is 0 Å². The van der Waals surface area contributed by atoms with Crippen molar-refractivity contribution in [2.45, 2.75) is 18.4 Å². The molecule has 3 heteroatoms. The van der Waals surface area contributed by atoms with Crippen LogP contribution in [0.1, 0.15) is 12.8 Å². The molecule has 1 saturated heterocycles. The fourth-order valence-corrected chi connectivity index (χ4v) is 0.962. The first-order valence-electron chi connectivity index (χ1n) is 3.19. The molecule has 0 saturated carbocycles. The van der Waals surface area contributed by atoms with E-state index in [2.05, 4.69) is 6.58 Å². The minimum Gasteiger partial charge on any atom is -0.452 e. The van der Waals surface area contributed by atoms with Gasteiger partial charge in [-0.1, -0.05) is 6.58 Å². The highest BCUT2D eigenvalue weighted by Crippen LogP contribution is 2.26. The third kappa shape index (κ3) is 1.04. The van der Waals surface area contributed by atoms with Crippen molar-refractivity contribution in [1.82, 2.24) is 0 Å². The summed E-state index contributed by atoms with van der Waals surface area (Å²) in [5, 5.41) is 8.79. The van der Waals surface area contributed by atoms with Crippen LogP contribution in [0.15, 0.2) is 12.7 Å². The van der Waals surface area contributed by atoms with E-state index in [4.69, 9.17) is 9.84 Å². The molecule has 1 fully saturated rings. The summed E-state index contributed by atoms with van der Waals surface area (Å²) >= 11 is 0. The van der Waals surface area contributed by atoms with Crippen LogP contribution in [-0.4, -0.2) is 23.3 Å². The highest BCUT2D eigenvalue weighted by atomic mass is 16.6. The van der Waals surface area contributed by atoms with Crippen molar-refractivity contribution in [3.05, 3.63) is 12.7 Å². The van der Waals surface area contributed by atoms with Crippen molar-refractivity contribution in [1.29, 1.82) is 0 Å². The van der Waals surface area contributed by atoms with E-state index in [-0.39, 0.29) is 12.6 Å². The molecule has 1 atom stereocenters. The van der Waals surface area contributed by atoms with E-state index in [1.54, 1.807) is 0 Å². The van der Waals surface area contributed by atoms with Gasteiger partial charge in [0.2, 0.25) is 0 Å². The summed E-state index contributed by atoms with van der Waals surface area (Å²) in [6.45, 7) is 3.32. The Bertz CT molecular complexity index is 164. The third-order valence-electron chi connectivity index (χ3n) is 1.71. The van der Waals surface area contributed by atoms with Gasteiger partial charge in [0.05, 0.1) is 6.61 Å². The fourth-order valence-electron chi connectivity index (χ4n) is 0.962. The molecule has 1 N–H and O–H groups in total. The molecule has 0 aromatic heterocycles. The lowest BCUT2D eigenvalue weighted by Gasteiger charge is -2.19. The molecule has 0 radical (unpaired) electrons. The summed E-state index contributed by atoms with van der Waals surface area (Å²) in [7, 11) is 0. The van der Waals surface area contributed by atoms with E-state index in [0.717, 1.165) is 0 Å². The maximum absolute atomic E-state index is 10.6. The van der Waals surface area contributed by atoms with Crippen molar-refractivity contribution in [3.63, 3.8) is 0 Å². The standard InChI is InChI=1S/C7H10O3/c1-2-7(5-8)4-3-6(9)10-7/h2,8H,1,3-5H2/t7-/m1/s1. The average molecular weight is 142 g/mol. The smallest absolute Gasteiger partial charge is 0.306 e. The second-order valence-electron chi connectivity index (χ2n) is 2.40. The lowest BCUT2D eigenvalue weighted by molar-refractivity contribution is -0.147. The Morgan fingerprint density at radius 2 is 2.60 bits per heavy atom. The van der Waals surface area contributed by atoms with Crippen molar-refractivity contribution in [3.8, 4) is 0 Å². The summed E-state index contributed by atoms with van der Waals surface area (Å²) in [5.41, 5.74) is -0.781. The van der Waals surface area contributed by atoms with Crippen LogP contribution in [0.3, 0.4) is 0 Å². The number of ether oxygens (including phenoxy) is 1. The lowest BCUT2D eigenvalue weighted by atomic mass is 10.0. The minimum absolute atomic E-state index is 0.164. The number of hydrogen-bond acceptors (Lipinski definition) is 3. The maximum Gasteiger partial charge on any atom is 0.306 e. The molecule has 1 rings (SSSR count). The van der Waals surface area contributed by atoms with E-state index < -0.39 is 5.60 Å². The van der Waals surface area contributed by atoms with Crippen LogP contribution >= 0.6 is 0 Å². The van der Waals surface area contributed by atoms with Gasteiger partial charge in [-0.25, -0.2) is 0 Å². The molecule has 0 bridgehead atoms. The molecule has 56 valence electrons. The molecular formula is C7H10O3. The second kappa shape index (κ2) is 2.42. The Morgan fingerprint density at radius 3 is 2.80 bits per heavy atom. The Kier molecular flexibility index (Phi) is 1.76. The monoisotopic (exact) mass is 142 g/mol. The molecule has 0 unspecified atom stereocenters. The number of aliphatic hydroxyl groups excluding tert-OH is 1. The Labute approximate surface area is 59.3 Å². The van der Waals surface area contributed by atoms with Crippen LogP contribution in [0.5, 0.6) is 0 Å². The van der Waals surface area contributed by atoms with Gasteiger partial charge in [-0.2, -0.15) is 0 Å². The van der Waals surface area contributed by atoms with E-state index in [1.165, 1.54) is 6.08 Å². The summed E-state index contributed by atoms with van der Waals surface area (Å²) in [4.78, 5) is 10.6. The molecule has 1 aliphatic heterocycles. The predicted octanol–water partition coefficient (Wildman–Crippen LogP) is 0.240. The number of cyclic esters (lactones) is 1. The number of hydrogen-bond donors (Lipinski definition) is 1. The molecule has 0 aromatic carbocycles. The number of carbonyl (C=O) groups is 1. The zero-order valence-corrected chi connectivity index (χ0v) is 5.67. The maximum atomic E-state index is 10.6. The summed E-state index contributed by atoms with van der Waals surface area (Å²) in [6.07, 6.45) is 2.41. The molecule has 0 aliphatic carbocycles. The SMILES string of the molecule is C=C[C@]1(CO)CCC(=O)O1. The Hall–Kier alpha value is -0.830. The van der Waals surface area contributed by atoms with Crippen molar-refractivity contribution < 1.29 is 14.6 Å². The molecule has 0 aromatic rings. The molecule has 3 nitrogen and oxygen atoms in total. The first-order valence-corrected chi connectivity index (χ1v) is 3.19. The number of esters is 1. The third-order valence-corrected chi connectivity index (χ3v) is 1.71. The fraction of sp³-hybridized carbons (Fsp3) is 0.571. The van der Waals surface area contributed by atoms with Crippen LogP contribution in [-0.2, 0) is 9.53 Å². The molecule has 10 heavy (non-hydrogen) atoms. The predicted molar refractivity (Wildman–Crippen MR) is 35.3 cm³/mol. The largest absolute Gasteiger partial charge is 0.452 e. The van der Waals surface area contributed by atoms with E-state index in [0.29, 0.717) is 12.8 Å². The number of aliphatic hydroxyl groups is 1. The van der Waals surface area contributed by atoms with Crippen LogP contribution in [0.4, 0.5) is 0 Å². The lowest BCUT2D eigenvalue weighted by Crippen LogP contribution is -2.29. The van der Waals surface area contributed by atoms with Gasteiger partial charge in [-0.05, 0) is 6.08 Å². The van der Waals surface area contributed by atoms with Crippen LogP contribution in [0, 0.1) is 0 Å². The van der Waals surface area contributed by atoms with E-state index in [9.17, 15) is 4.79 Å². The summed E-state index contributed by atoms with van der Waals surface area (Å²) in [6, 6.07) is 0. The summed E-state index contributed by atoms with van der Waals surface area (Å²) in [5.74, 6) is -0.256. The van der Waals surface area contributed by atoms with Gasteiger partial charge < -0.3 is 9.84 Å².